The SMILES string of the molecule is CCCCCC(=O)NCc1ccc(CN2CCCC(C)C2)cc1. The Morgan fingerprint density at radius 2 is 1.96 bits per heavy atom. The highest BCUT2D eigenvalue weighted by Gasteiger charge is 2.16. The second kappa shape index (κ2) is 9.71. The minimum atomic E-state index is 0.171. The second-order valence-electron chi connectivity index (χ2n) is 7.03. The van der Waals surface area contributed by atoms with Crippen LogP contribution in [0.15, 0.2) is 24.3 Å². The number of piperidine rings is 1. The fraction of sp³-hybridized carbons (Fsp3) is 0.650. The zero-order valence-corrected chi connectivity index (χ0v) is 14.8. The van der Waals surface area contributed by atoms with E-state index < -0.39 is 0 Å². The van der Waals surface area contributed by atoms with Gasteiger partial charge in [-0.3, -0.25) is 9.69 Å². The van der Waals surface area contributed by atoms with Crippen molar-refractivity contribution in [2.24, 2.45) is 5.92 Å². The first-order chi connectivity index (χ1) is 11.2. The molecule has 23 heavy (non-hydrogen) atoms. The van der Waals surface area contributed by atoms with Crippen molar-refractivity contribution in [2.75, 3.05) is 13.1 Å². The molecule has 0 aromatic heterocycles. The van der Waals surface area contributed by atoms with Gasteiger partial charge in [-0.25, -0.2) is 0 Å². The van der Waals surface area contributed by atoms with E-state index in [1.165, 1.54) is 37.1 Å². The molecule has 1 N–H and O–H groups in total. The Morgan fingerprint density at radius 3 is 2.65 bits per heavy atom. The number of nitrogens with one attached hydrogen (secondary N) is 1. The average molecular weight is 316 g/mol. The zero-order chi connectivity index (χ0) is 16.5. The van der Waals surface area contributed by atoms with E-state index in [1.807, 2.05) is 0 Å². The molecule has 0 bridgehead atoms. The lowest BCUT2D eigenvalue weighted by atomic mass is 9.99. The predicted molar refractivity (Wildman–Crippen MR) is 96.1 cm³/mol. The molecule has 1 unspecified atom stereocenters. The molecule has 2 rings (SSSR count). The normalized spacial score (nSPS) is 18.8. The average Bonchev–Trinajstić information content (AvgIpc) is 2.54. The maximum absolute atomic E-state index is 11.7. The van der Waals surface area contributed by atoms with Crippen molar-refractivity contribution in [3.8, 4) is 0 Å². The van der Waals surface area contributed by atoms with Gasteiger partial charge >= 0.3 is 0 Å². The van der Waals surface area contributed by atoms with Crippen molar-refractivity contribution in [3.63, 3.8) is 0 Å². The minimum Gasteiger partial charge on any atom is -0.352 e. The van der Waals surface area contributed by atoms with Crippen LogP contribution in [0.25, 0.3) is 0 Å². The summed E-state index contributed by atoms with van der Waals surface area (Å²) in [5, 5.41) is 3.02. The maximum atomic E-state index is 11.7. The summed E-state index contributed by atoms with van der Waals surface area (Å²) in [5.74, 6) is 0.996. The zero-order valence-electron chi connectivity index (χ0n) is 14.8. The van der Waals surface area contributed by atoms with Crippen LogP contribution in [0.3, 0.4) is 0 Å². The Balaban J connectivity index is 1.72. The number of likely N-dealkylation sites (tertiary alicyclic amines) is 1. The number of nitrogens with zero attached hydrogens (tertiary/aromatic N) is 1. The summed E-state index contributed by atoms with van der Waals surface area (Å²) in [6, 6.07) is 8.71. The van der Waals surface area contributed by atoms with E-state index in [-0.39, 0.29) is 5.91 Å². The number of amides is 1. The molecule has 1 heterocycles. The van der Waals surface area contributed by atoms with Crippen LogP contribution in [-0.2, 0) is 17.9 Å². The van der Waals surface area contributed by atoms with Gasteiger partial charge in [-0.2, -0.15) is 0 Å². The van der Waals surface area contributed by atoms with Gasteiger partial charge in [0.05, 0.1) is 0 Å². The molecule has 3 nitrogen and oxygen atoms in total. The topological polar surface area (TPSA) is 32.3 Å². The summed E-state index contributed by atoms with van der Waals surface area (Å²) in [4.78, 5) is 14.3. The van der Waals surface area contributed by atoms with Crippen LogP contribution in [-0.4, -0.2) is 23.9 Å². The highest BCUT2D eigenvalue weighted by atomic mass is 16.1. The van der Waals surface area contributed by atoms with Crippen molar-refractivity contribution in [1.82, 2.24) is 10.2 Å². The summed E-state index contributed by atoms with van der Waals surface area (Å²) in [7, 11) is 0. The molecule has 0 saturated carbocycles. The van der Waals surface area contributed by atoms with Gasteiger partial charge in [0.1, 0.15) is 0 Å². The molecular formula is C20H32N2O. The van der Waals surface area contributed by atoms with E-state index >= 15 is 0 Å². The third kappa shape index (κ3) is 6.74. The fourth-order valence-corrected chi connectivity index (χ4v) is 3.28. The van der Waals surface area contributed by atoms with Crippen LogP contribution in [0.5, 0.6) is 0 Å². The lowest BCUT2D eigenvalue weighted by Gasteiger charge is -2.30. The monoisotopic (exact) mass is 316 g/mol. The minimum absolute atomic E-state index is 0.171. The van der Waals surface area contributed by atoms with Crippen LogP contribution in [0, 0.1) is 5.92 Å². The molecular weight excluding hydrogens is 284 g/mol. The van der Waals surface area contributed by atoms with Crippen molar-refractivity contribution in [1.29, 1.82) is 0 Å². The van der Waals surface area contributed by atoms with E-state index in [9.17, 15) is 4.79 Å². The van der Waals surface area contributed by atoms with Gasteiger partial charge in [0.2, 0.25) is 5.91 Å². The van der Waals surface area contributed by atoms with Gasteiger partial charge in [0.25, 0.3) is 0 Å². The standard InChI is InChI=1S/C20H32N2O/c1-3-4-5-8-20(23)21-14-18-9-11-19(12-10-18)16-22-13-6-7-17(2)15-22/h9-12,17H,3-8,13-16H2,1-2H3,(H,21,23). The molecule has 1 fully saturated rings. The van der Waals surface area contributed by atoms with Crippen molar-refractivity contribution in [3.05, 3.63) is 35.4 Å². The van der Waals surface area contributed by atoms with Gasteiger partial charge < -0.3 is 5.32 Å². The summed E-state index contributed by atoms with van der Waals surface area (Å²) < 4.78 is 0. The van der Waals surface area contributed by atoms with Gasteiger partial charge in [-0.05, 0) is 42.9 Å². The molecule has 1 aliphatic rings. The summed E-state index contributed by atoms with van der Waals surface area (Å²) in [5.41, 5.74) is 2.56. The second-order valence-corrected chi connectivity index (χ2v) is 7.03. The molecule has 0 spiro atoms. The van der Waals surface area contributed by atoms with Crippen LogP contribution >= 0.6 is 0 Å². The fourth-order valence-electron chi connectivity index (χ4n) is 3.28. The Labute approximate surface area is 141 Å². The number of carbonyl (C=O) groups is 1. The van der Waals surface area contributed by atoms with Crippen LogP contribution in [0.1, 0.15) is 63.5 Å². The van der Waals surface area contributed by atoms with Gasteiger partial charge in [0.15, 0.2) is 0 Å². The number of unbranched alkanes of at least 4 members (excludes halogenated alkanes) is 2. The molecule has 3 heteroatoms. The van der Waals surface area contributed by atoms with E-state index in [0.717, 1.165) is 31.7 Å². The summed E-state index contributed by atoms with van der Waals surface area (Å²) in [6.45, 7) is 8.64. The molecule has 1 atom stereocenters. The lowest BCUT2D eigenvalue weighted by Crippen LogP contribution is -2.33. The summed E-state index contributed by atoms with van der Waals surface area (Å²) >= 11 is 0. The molecule has 1 amide bonds. The van der Waals surface area contributed by atoms with Gasteiger partial charge in [-0.1, -0.05) is 51.0 Å². The Kier molecular flexibility index (Phi) is 7.60. The van der Waals surface area contributed by atoms with E-state index in [2.05, 4.69) is 48.3 Å². The highest BCUT2D eigenvalue weighted by molar-refractivity contribution is 5.75. The molecule has 1 aromatic carbocycles. The molecule has 128 valence electrons. The molecule has 0 radical (unpaired) electrons. The predicted octanol–water partition coefficient (Wildman–Crippen LogP) is 4.12. The Bertz CT molecular complexity index is 469. The molecule has 1 aromatic rings. The number of rotatable bonds is 8. The maximum Gasteiger partial charge on any atom is 0.220 e. The first kappa shape index (κ1) is 18.0. The quantitative estimate of drug-likeness (QED) is 0.732. The van der Waals surface area contributed by atoms with Gasteiger partial charge in [-0.15, -0.1) is 0 Å². The lowest BCUT2D eigenvalue weighted by molar-refractivity contribution is -0.121. The van der Waals surface area contributed by atoms with Crippen LogP contribution in [0.2, 0.25) is 0 Å². The van der Waals surface area contributed by atoms with Crippen LogP contribution < -0.4 is 5.32 Å². The van der Waals surface area contributed by atoms with Crippen LogP contribution in [0.4, 0.5) is 0 Å². The van der Waals surface area contributed by atoms with E-state index in [1.54, 1.807) is 0 Å². The van der Waals surface area contributed by atoms with E-state index in [4.69, 9.17) is 0 Å². The Hall–Kier alpha value is -1.35. The first-order valence-corrected chi connectivity index (χ1v) is 9.24. The van der Waals surface area contributed by atoms with Crippen molar-refractivity contribution < 1.29 is 4.79 Å². The number of hydrogen-bond donors (Lipinski definition) is 1. The third-order valence-electron chi connectivity index (χ3n) is 4.67. The first-order valence-electron chi connectivity index (χ1n) is 9.24. The van der Waals surface area contributed by atoms with Gasteiger partial charge in [0, 0.05) is 26.1 Å². The van der Waals surface area contributed by atoms with Crippen molar-refractivity contribution >= 4 is 5.91 Å². The third-order valence-corrected chi connectivity index (χ3v) is 4.67. The molecule has 1 saturated heterocycles. The van der Waals surface area contributed by atoms with E-state index in [0.29, 0.717) is 13.0 Å². The van der Waals surface area contributed by atoms with Crippen molar-refractivity contribution in [2.45, 2.75) is 65.5 Å². The molecule has 0 aliphatic carbocycles. The number of benzene rings is 1. The number of hydrogen-bond acceptors (Lipinski definition) is 2. The molecule has 1 aliphatic heterocycles. The Morgan fingerprint density at radius 1 is 1.22 bits per heavy atom. The summed E-state index contributed by atoms with van der Waals surface area (Å²) in [6.07, 6.45) is 6.63. The number of carbonyl (C=O) groups excluding carboxylic acids is 1. The smallest absolute Gasteiger partial charge is 0.220 e. The highest BCUT2D eigenvalue weighted by Crippen LogP contribution is 2.18. The largest absolute Gasteiger partial charge is 0.352 e.